The zero-order chi connectivity index (χ0) is 18.1. The highest BCUT2D eigenvalue weighted by atomic mass is 16.3. The van der Waals surface area contributed by atoms with E-state index in [1.807, 2.05) is 43.3 Å². The predicted octanol–water partition coefficient (Wildman–Crippen LogP) is 4.12. The largest absolute Gasteiger partial charge is 0.467 e. The molecule has 26 heavy (non-hydrogen) atoms. The van der Waals surface area contributed by atoms with E-state index in [9.17, 15) is 4.79 Å². The van der Waals surface area contributed by atoms with Crippen LogP contribution in [0.5, 0.6) is 0 Å². The molecule has 1 aliphatic heterocycles. The van der Waals surface area contributed by atoms with Gasteiger partial charge in [0.2, 0.25) is 5.96 Å². The monoisotopic (exact) mass is 351 g/mol. The predicted molar refractivity (Wildman–Crippen MR) is 102 cm³/mol. The molecule has 2 heterocycles. The quantitative estimate of drug-likeness (QED) is 0.832. The first kappa shape index (κ1) is 16.9. The van der Waals surface area contributed by atoms with E-state index < -0.39 is 0 Å². The summed E-state index contributed by atoms with van der Waals surface area (Å²) >= 11 is 0. The number of guanidine groups is 1. The fourth-order valence-electron chi connectivity index (χ4n) is 3.86. The molecule has 136 valence electrons. The summed E-state index contributed by atoms with van der Waals surface area (Å²) in [5, 5.41) is 0. The van der Waals surface area contributed by atoms with Crippen molar-refractivity contribution >= 4 is 17.6 Å². The Kier molecular flexibility index (Phi) is 4.53. The van der Waals surface area contributed by atoms with Gasteiger partial charge >= 0.3 is 0 Å². The first-order valence-electron chi connectivity index (χ1n) is 9.41. The molecular weight excluding hydrogens is 326 g/mol. The van der Waals surface area contributed by atoms with E-state index in [4.69, 9.17) is 9.41 Å². The smallest absolute Gasteiger partial charge is 0.258 e. The van der Waals surface area contributed by atoms with Gasteiger partial charge in [-0.2, -0.15) is 0 Å². The summed E-state index contributed by atoms with van der Waals surface area (Å²) in [5.41, 5.74) is 2.06. The molecule has 0 radical (unpaired) electrons. The van der Waals surface area contributed by atoms with E-state index in [0.29, 0.717) is 12.6 Å². The van der Waals surface area contributed by atoms with Gasteiger partial charge in [-0.15, -0.1) is 0 Å². The van der Waals surface area contributed by atoms with E-state index in [1.54, 1.807) is 11.2 Å². The molecule has 1 aliphatic carbocycles. The van der Waals surface area contributed by atoms with Crippen LogP contribution in [-0.4, -0.2) is 28.9 Å². The van der Waals surface area contributed by atoms with Crippen molar-refractivity contribution in [2.45, 2.75) is 58.2 Å². The van der Waals surface area contributed by atoms with Crippen molar-refractivity contribution in [1.82, 2.24) is 4.90 Å². The SMILES string of the molecule is Cc1ccc(N2C(=O)C(C)N=C2N(Cc2ccco2)C2CCCC2)cc1. The summed E-state index contributed by atoms with van der Waals surface area (Å²) in [6.45, 7) is 4.56. The zero-order valence-corrected chi connectivity index (χ0v) is 15.4. The topological polar surface area (TPSA) is 49.1 Å². The molecule has 5 nitrogen and oxygen atoms in total. The maximum Gasteiger partial charge on any atom is 0.258 e. The van der Waals surface area contributed by atoms with Gasteiger partial charge in [-0.25, -0.2) is 9.89 Å². The van der Waals surface area contributed by atoms with Crippen LogP contribution in [0.15, 0.2) is 52.1 Å². The number of amides is 1. The molecule has 1 saturated carbocycles. The number of hydrogen-bond acceptors (Lipinski definition) is 4. The van der Waals surface area contributed by atoms with Gasteiger partial charge in [0.15, 0.2) is 0 Å². The molecule has 0 N–H and O–H groups in total. The fraction of sp³-hybridized carbons (Fsp3) is 0.429. The molecule has 2 aromatic rings. The van der Waals surface area contributed by atoms with Gasteiger partial charge in [0.25, 0.3) is 5.91 Å². The highest BCUT2D eigenvalue weighted by molar-refractivity contribution is 6.21. The highest BCUT2D eigenvalue weighted by Crippen LogP contribution is 2.30. The molecule has 1 unspecified atom stereocenters. The Morgan fingerprint density at radius 1 is 1.19 bits per heavy atom. The van der Waals surface area contributed by atoms with Crippen LogP contribution in [0.2, 0.25) is 0 Å². The second kappa shape index (κ2) is 6.98. The maximum absolute atomic E-state index is 12.9. The molecule has 0 bridgehead atoms. The lowest BCUT2D eigenvalue weighted by atomic mass is 10.2. The number of furan rings is 1. The summed E-state index contributed by atoms with van der Waals surface area (Å²) in [5.74, 6) is 1.69. The molecule has 0 spiro atoms. The zero-order valence-electron chi connectivity index (χ0n) is 15.4. The Bertz CT molecular complexity index is 789. The average Bonchev–Trinajstić information content (AvgIpc) is 3.37. The van der Waals surface area contributed by atoms with Gasteiger partial charge < -0.3 is 9.32 Å². The van der Waals surface area contributed by atoms with E-state index in [-0.39, 0.29) is 11.9 Å². The Morgan fingerprint density at radius 2 is 1.92 bits per heavy atom. The summed E-state index contributed by atoms with van der Waals surface area (Å²) in [7, 11) is 0. The van der Waals surface area contributed by atoms with Crippen molar-refractivity contribution in [2.75, 3.05) is 4.90 Å². The number of aryl methyl sites for hydroxylation is 1. The number of carbonyl (C=O) groups is 1. The van der Waals surface area contributed by atoms with E-state index in [2.05, 4.69) is 11.8 Å². The van der Waals surface area contributed by atoms with Gasteiger partial charge in [0.1, 0.15) is 11.8 Å². The Labute approximate surface area is 154 Å². The minimum atomic E-state index is -0.355. The molecule has 1 amide bonds. The Hall–Kier alpha value is -2.56. The molecule has 4 rings (SSSR count). The van der Waals surface area contributed by atoms with E-state index in [0.717, 1.165) is 30.2 Å². The average molecular weight is 351 g/mol. The van der Waals surface area contributed by atoms with Crippen LogP contribution >= 0.6 is 0 Å². The number of aliphatic imine (C=N–C) groups is 1. The third-order valence-electron chi connectivity index (χ3n) is 5.31. The summed E-state index contributed by atoms with van der Waals surface area (Å²) in [6, 6.07) is 12.0. The maximum atomic E-state index is 12.9. The number of benzene rings is 1. The normalized spacial score (nSPS) is 20.7. The number of rotatable bonds is 4. The lowest BCUT2D eigenvalue weighted by molar-refractivity contribution is -0.117. The number of anilines is 1. The van der Waals surface area contributed by atoms with E-state index >= 15 is 0 Å². The highest BCUT2D eigenvalue weighted by Gasteiger charge is 2.39. The first-order valence-corrected chi connectivity index (χ1v) is 9.41. The van der Waals surface area contributed by atoms with Crippen LogP contribution in [0.25, 0.3) is 0 Å². The van der Waals surface area contributed by atoms with Gasteiger partial charge in [-0.1, -0.05) is 30.5 Å². The van der Waals surface area contributed by atoms with Gasteiger partial charge in [0, 0.05) is 6.04 Å². The lowest BCUT2D eigenvalue weighted by Gasteiger charge is -2.34. The minimum absolute atomic E-state index is 0.0336. The minimum Gasteiger partial charge on any atom is -0.467 e. The van der Waals surface area contributed by atoms with Crippen molar-refractivity contribution in [3.05, 3.63) is 54.0 Å². The molecule has 2 aliphatic rings. The molecule has 0 saturated heterocycles. The molecule has 1 aromatic heterocycles. The summed E-state index contributed by atoms with van der Waals surface area (Å²) in [4.78, 5) is 21.7. The third kappa shape index (κ3) is 3.14. The van der Waals surface area contributed by atoms with Crippen molar-refractivity contribution < 1.29 is 9.21 Å². The summed E-state index contributed by atoms with van der Waals surface area (Å²) < 4.78 is 5.59. The fourth-order valence-corrected chi connectivity index (χ4v) is 3.86. The lowest BCUT2D eigenvalue weighted by Crippen LogP contribution is -2.48. The standard InChI is InChI=1S/C21H25N3O2/c1-15-9-11-18(12-10-15)24-20(25)16(2)22-21(24)23(17-6-3-4-7-17)14-19-8-5-13-26-19/h5,8-13,16-17H,3-4,6-7,14H2,1-2H3. The molecule has 5 heteroatoms. The number of nitrogens with zero attached hydrogens (tertiary/aromatic N) is 3. The molecule has 1 fully saturated rings. The van der Waals surface area contributed by atoms with Crippen molar-refractivity contribution in [3.8, 4) is 0 Å². The molecular formula is C21H25N3O2. The van der Waals surface area contributed by atoms with Crippen LogP contribution in [0.1, 0.15) is 43.9 Å². The van der Waals surface area contributed by atoms with Crippen molar-refractivity contribution in [1.29, 1.82) is 0 Å². The van der Waals surface area contributed by atoms with Gasteiger partial charge in [0.05, 0.1) is 18.5 Å². The van der Waals surface area contributed by atoms with Gasteiger partial charge in [-0.05, 0) is 51.0 Å². The first-order chi connectivity index (χ1) is 12.6. The molecule has 1 aromatic carbocycles. The van der Waals surface area contributed by atoms with Crippen LogP contribution in [0.4, 0.5) is 5.69 Å². The summed E-state index contributed by atoms with van der Waals surface area (Å²) in [6.07, 6.45) is 6.40. The number of carbonyl (C=O) groups excluding carboxylic acids is 1. The molecule has 1 atom stereocenters. The second-order valence-electron chi connectivity index (χ2n) is 7.26. The van der Waals surface area contributed by atoms with Crippen molar-refractivity contribution in [3.63, 3.8) is 0 Å². The Balaban J connectivity index is 1.70. The van der Waals surface area contributed by atoms with Crippen LogP contribution in [0, 0.1) is 6.92 Å². The Morgan fingerprint density at radius 3 is 2.58 bits per heavy atom. The second-order valence-corrected chi connectivity index (χ2v) is 7.26. The van der Waals surface area contributed by atoms with Crippen LogP contribution < -0.4 is 4.90 Å². The number of hydrogen-bond donors (Lipinski definition) is 0. The van der Waals surface area contributed by atoms with Crippen molar-refractivity contribution in [2.24, 2.45) is 4.99 Å². The van der Waals surface area contributed by atoms with Gasteiger partial charge in [-0.3, -0.25) is 4.79 Å². The van der Waals surface area contributed by atoms with Crippen LogP contribution in [0.3, 0.4) is 0 Å². The van der Waals surface area contributed by atoms with E-state index in [1.165, 1.54) is 18.4 Å². The third-order valence-corrected chi connectivity index (χ3v) is 5.31. The van der Waals surface area contributed by atoms with Crippen LogP contribution in [-0.2, 0) is 11.3 Å².